The van der Waals surface area contributed by atoms with Crippen LogP contribution in [0.2, 0.25) is 0 Å². The van der Waals surface area contributed by atoms with Gasteiger partial charge in [0.1, 0.15) is 11.6 Å². The summed E-state index contributed by atoms with van der Waals surface area (Å²) in [5.41, 5.74) is -0.836. The minimum Gasteiger partial charge on any atom is -0.465 e. The van der Waals surface area contributed by atoms with Crippen LogP contribution in [0.15, 0.2) is 48.7 Å². The molecule has 1 aromatic heterocycles. The van der Waals surface area contributed by atoms with Gasteiger partial charge in [-0.15, -0.1) is 0 Å². The molecule has 7 nitrogen and oxygen atoms in total. The molecule has 1 atom stereocenters. The quantitative estimate of drug-likeness (QED) is 0.762. The fourth-order valence-corrected chi connectivity index (χ4v) is 3.83. The van der Waals surface area contributed by atoms with Crippen LogP contribution in [0.5, 0.6) is 5.75 Å². The van der Waals surface area contributed by atoms with Gasteiger partial charge >= 0.3 is 0 Å². The summed E-state index contributed by atoms with van der Waals surface area (Å²) in [6, 6.07) is 13.1. The summed E-state index contributed by atoms with van der Waals surface area (Å²) in [7, 11) is 0. The average Bonchev–Trinajstić information content (AvgIpc) is 2.75. The van der Waals surface area contributed by atoms with E-state index in [2.05, 4.69) is 9.88 Å². The Hall–Kier alpha value is -3.09. The topological polar surface area (TPSA) is 66.0 Å². The molecule has 3 heterocycles. The second-order valence-electron chi connectivity index (χ2n) is 7.12. The van der Waals surface area contributed by atoms with Gasteiger partial charge in [-0.25, -0.2) is 4.98 Å². The first-order valence-electron chi connectivity index (χ1n) is 9.60. The van der Waals surface area contributed by atoms with E-state index in [1.54, 1.807) is 29.0 Å². The Bertz CT molecular complexity index is 880. The predicted molar refractivity (Wildman–Crippen MR) is 107 cm³/mol. The van der Waals surface area contributed by atoms with Crippen molar-refractivity contribution in [3.63, 3.8) is 0 Å². The van der Waals surface area contributed by atoms with Crippen LogP contribution in [0.4, 0.5) is 11.5 Å². The van der Waals surface area contributed by atoms with E-state index in [-0.39, 0.29) is 11.8 Å². The van der Waals surface area contributed by atoms with Gasteiger partial charge in [0.25, 0.3) is 17.4 Å². The Morgan fingerprint density at radius 1 is 1.11 bits per heavy atom. The third-order valence-corrected chi connectivity index (χ3v) is 5.39. The largest absolute Gasteiger partial charge is 0.465 e. The highest BCUT2D eigenvalue weighted by atomic mass is 16.5. The van der Waals surface area contributed by atoms with Crippen molar-refractivity contribution in [3.05, 3.63) is 48.7 Å². The third-order valence-electron chi connectivity index (χ3n) is 5.39. The molecule has 2 amide bonds. The molecule has 4 rings (SSSR count). The van der Waals surface area contributed by atoms with E-state index in [0.717, 1.165) is 5.82 Å². The predicted octanol–water partition coefficient (Wildman–Crippen LogP) is 1.93. The summed E-state index contributed by atoms with van der Waals surface area (Å²) in [6.07, 6.45) is 1.76. The molecule has 2 aromatic rings. The summed E-state index contributed by atoms with van der Waals surface area (Å²) in [4.78, 5) is 36.3. The minimum atomic E-state index is -1.54. The van der Waals surface area contributed by atoms with Crippen molar-refractivity contribution >= 4 is 23.3 Å². The third kappa shape index (κ3) is 2.96. The number of rotatable bonds is 3. The SMILES string of the molecule is CCN1C(=O)C(C)(C(=O)N2CCN(c3ccccn3)CC2)Oc2ccccc21. The highest BCUT2D eigenvalue weighted by Gasteiger charge is 2.52. The molecule has 2 aliphatic rings. The van der Waals surface area contributed by atoms with E-state index >= 15 is 0 Å². The van der Waals surface area contributed by atoms with Crippen LogP contribution in [-0.2, 0) is 9.59 Å². The molecule has 28 heavy (non-hydrogen) atoms. The molecule has 1 fully saturated rings. The first-order chi connectivity index (χ1) is 13.5. The van der Waals surface area contributed by atoms with Gasteiger partial charge in [0.15, 0.2) is 0 Å². The molecular formula is C21H24N4O3. The highest BCUT2D eigenvalue weighted by molar-refractivity contribution is 6.16. The Kier molecular flexibility index (Phi) is 4.66. The number of fused-ring (bicyclic) bond motifs is 1. The fraction of sp³-hybridized carbons (Fsp3) is 0.381. The lowest BCUT2D eigenvalue weighted by Crippen LogP contribution is -2.64. The summed E-state index contributed by atoms with van der Waals surface area (Å²) >= 11 is 0. The average molecular weight is 380 g/mol. The standard InChI is InChI=1S/C21H24N4O3/c1-3-25-16-8-4-5-9-17(16)28-21(2,20(25)27)19(26)24-14-12-23(13-15-24)18-10-6-7-11-22-18/h4-11H,3,12-15H2,1-2H3. The van der Waals surface area contributed by atoms with Crippen molar-refractivity contribution in [2.75, 3.05) is 42.5 Å². The highest BCUT2D eigenvalue weighted by Crippen LogP contribution is 2.38. The van der Waals surface area contributed by atoms with Crippen LogP contribution in [0.1, 0.15) is 13.8 Å². The van der Waals surface area contributed by atoms with Crippen molar-refractivity contribution in [3.8, 4) is 5.75 Å². The van der Waals surface area contributed by atoms with E-state index in [4.69, 9.17) is 4.74 Å². The number of carbonyl (C=O) groups is 2. The first-order valence-corrected chi connectivity index (χ1v) is 9.60. The molecule has 1 aromatic carbocycles. The van der Waals surface area contributed by atoms with Crippen molar-refractivity contribution in [2.45, 2.75) is 19.4 Å². The summed E-state index contributed by atoms with van der Waals surface area (Å²) < 4.78 is 5.98. The normalized spacial score (nSPS) is 21.9. The lowest BCUT2D eigenvalue weighted by Gasteiger charge is -2.43. The zero-order chi connectivity index (χ0) is 19.7. The summed E-state index contributed by atoms with van der Waals surface area (Å²) in [6.45, 7) is 6.35. The van der Waals surface area contributed by atoms with Gasteiger partial charge in [0.05, 0.1) is 5.69 Å². The number of piperazine rings is 1. The summed E-state index contributed by atoms with van der Waals surface area (Å²) in [5, 5.41) is 0. The number of nitrogens with zero attached hydrogens (tertiary/aromatic N) is 4. The van der Waals surface area contributed by atoms with Crippen molar-refractivity contribution in [2.24, 2.45) is 0 Å². The number of benzene rings is 1. The van der Waals surface area contributed by atoms with E-state index in [0.29, 0.717) is 44.2 Å². The van der Waals surface area contributed by atoms with Crippen LogP contribution in [0.3, 0.4) is 0 Å². The Labute approximate surface area is 164 Å². The molecule has 0 radical (unpaired) electrons. The minimum absolute atomic E-state index is 0.286. The van der Waals surface area contributed by atoms with E-state index < -0.39 is 5.60 Å². The van der Waals surface area contributed by atoms with Gasteiger partial charge in [0, 0.05) is 38.9 Å². The number of amides is 2. The fourth-order valence-electron chi connectivity index (χ4n) is 3.83. The molecular weight excluding hydrogens is 356 g/mol. The number of pyridine rings is 1. The molecule has 0 aliphatic carbocycles. The van der Waals surface area contributed by atoms with Crippen LogP contribution >= 0.6 is 0 Å². The molecule has 0 N–H and O–H groups in total. The zero-order valence-electron chi connectivity index (χ0n) is 16.2. The van der Waals surface area contributed by atoms with Gasteiger partial charge < -0.3 is 19.4 Å². The van der Waals surface area contributed by atoms with Gasteiger partial charge in [-0.3, -0.25) is 9.59 Å². The maximum absolute atomic E-state index is 13.3. The molecule has 0 spiro atoms. The number of carbonyl (C=O) groups excluding carboxylic acids is 2. The smallest absolute Gasteiger partial charge is 0.280 e. The van der Waals surface area contributed by atoms with Gasteiger partial charge in [-0.05, 0) is 38.1 Å². The number of ether oxygens (including phenoxy) is 1. The summed E-state index contributed by atoms with van der Waals surface area (Å²) in [5.74, 6) is 0.862. The molecule has 0 saturated carbocycles. The van der Waals surface area contributed by atoms with Gasteiger partial charge in [-0.2, -0.15) is 0 Å². The Morgan fingerprint density at radius 2 is 1.82 bits per heavy atom. The molecule has 7 heteroatoms. The lowest BCUT2D eigenvalue weighted by atomic mass is 9.98. The second kappa shape index (κ2) is 7.14. The van der Waals surface area contributed by atoms with Gasteiger partial charge in [-0.1, -0.05) is 18.2 Å². The first kappa shape index (κ1) is 18.3. The zero-order valence-corrected chi connectivity index (χ0v) is 16.2. The Morgan fingerprint density at radius 3 is 2.50 bits per heavy atom. The van der Waals surface area contributed by atoms with Gasteiger partial charge in [0.2, 0.25) is 0 Å². The molecule has 1 unspecified atom stereocenters. The number of aromatic nitrogens is 1. The van der Waals surface area contributed by atoms with Crippen molar-refractivity contribution in [1.82, 2.24) is 9.88 Å². The molecule has 2 aliphatic heterocycles. The number of hydrogen-bond donors (Lipinski definition) is 0. The van der Waals surface area contributed by atoms with Crippen LogP contribution in [0, 0.1) is 0 Å². The maximum Gasteiger partial charge on any atom is 0.280 e. The number of para-hydroxylation sites is 2. The monoisotopic (exact) mass is 380 g/mol. The molecule has 1 saturated heterocycles. The number of anilines is 2. The second-order valence-corrected chi connectivity index (χ2v) is 7.12. The maximum atomic E-state index is 13.3. The van der Waals surface area contributed by atoms with E-state index in [1.165, 1.54) is 0 Å². The van der Waals surface area contributed by atoms with E-state index in [1.807, 2.05) is 43.3 Å². The van der Waals surface area contributed by atoms with Crippen LogP contribution < -0.4 is 14.5 Å². The lowest BCUT2D eigenvalue weighted by molar-refractivity contribution is -0.156. The molecule has 146 valence electrons. The van der Waals surface area contributed by atoms with Crippen LogP contribution in [0.25, 0.3) is 0 Å². The van der Waals surface area contributed by atoms with Crippen molar-refractivity contribution in [1.29, 1.82) is 0 Å². The number of likely N-dealkylation sites (N-methyl/N-ethyl adjacent to an activating group) is 1. The number of hydrogen-bond acceptors (Lipinski definition) is 5. The molecule has 0 bridgehead atoms. The van der Waals surface area contributed by atoms with E-state index in [9.17, 15) is 9.59 Å². The van der Waals surface area contributed by atoms with Crippen molar-refractivity contribution < 1.29 is 14.3 Å². The Balaban J connectivity index is 1.52. The van der Waals surface area contributed by atoms with Crippen LogP contribution in [-0.4, -0.2) is 60.0 Å².